The molecule has 3 aromatic carbocycles. The topological polar surface area (TPSA) is 0 Å². The molecular weight excluding hydrogens is 372 g/mol. The fraction of sp³-hybridized carbons (Fsp3) is 0.182. The molecule has 0 radical (unpaired) electrons. The summed E-state index contributed by atoms with van der Waals surface area (Å²) in [6.07, 6.45) is 0. The van der Waals surface area contributed by atoms with Gasteiger partial charge in [-0.1, -0.05) is 60.8 Å². The van der Waals surface area contributed by atoms with E-state index in [0.717, 1.165) is 0 Å². The van der Waals surface area contributed by atoms with E-state index in [9.17, 15) is 0 Å². The number of rotatable bonds is 2. The Morgan fingerprint density at radius 1 is 0.438 bits per heavy atom. The molecule has 0 unspecified atom stereocenters. The largest absolute Gasteiger partial charge is 0.139 e. The molecule has 0 nitrogen and oxygen atoms in total. The van der Waals surface area contributed by atoms with Crippen LogP contribution in [0.15, 0.2) is 18.2 Å². The lowest BCUT2D eigenvalue weighted by molar-refractivity contribution is 0.594. The lowest BCUT2D eigenvalue weighted by atomic mass is 9.57. The second-order valence-electron chi connectivity index (χ2n) is 11.0. The van der Waals surface area contributed by atoms with Crippen LogP contribution in [0, 0.1) is 0 Å². The maximum absolute atomic E-state index is 2.37. The van der Waals surface area contributed by atoms with Crippen molar-refractivity contribution in [2.45, 2.75) is 26.2 Å². The van der Waals surface area contributed by atoms with Gasteiger partial charge in [-0.2, -0.15) is 0 Å². The predicted molar refractivity (Wildman–Crippen MR) is 178 cm³/mol. The zero-order valence-corrected chi connectivity index (χ0v) is 22.7. The average molecular weight is 405 g/mol. The molecule has 3 aromatic rings. The molecule has 0 aliphatic carbocycles. The van der Waals surface area contributed by atoms with Gasteiger partial charge in [0.15, 0.2) is 0 Å². The monoisotopic (exact) mass is 406 g/mol. The van der Waals surface area contributed by atoms with E-state index in [4.69, 9.17) is 0 Å². The minimum Gasteiger partial charge on any atom is -0.102 e. The van der Waals surface area contributed by atoms with Gasteiger partial charge in [0.25, 0.3) is 0 Å². The average Bonchev–Trinajstić information content (AvgIpc) is 2.73. The summed E-state index contributed by atoms with van der Waals surface area (Å²) in [6.45, 7) is 7.10. The molecule has 0 aromatic heterocycles. The molecule has 0 N–H and O–H groups in total. The highest BCUT2D eigenvalue weighted by Crippen LogP contribution is 2.38. The maximum atomic E-state index is 2.37. The van der Waals surface area contributed by atoms with Crippen molar-refractivity contribution in [1.29, 1.82) is 0 Å². The molecule has 0 fully saturated rings. The molecule has 0 heterocycles. The van der Waals surface area contributed by atoms with Gasteiger partial charge in [-0.05, 0) is 33.2 Å². The molecule has 0 saturated heterocycles. The van der Waals surface area contributed by atoms with E-state index < -0.39 is 0 Å². The predicted octanol–water partition coefficient (Wildman–Crippen LogP) is -11.1. The third kappa shape index (κ3) is 3.82. The van der Waals surface area contributed by atoms with Crippen LogP contribution in [0.4, 0.5) is 0 Å². The molecule has 3 rings (SSSR count). The Kier molecular flexibility index (Phi) is 6.69. The first-order chi connectivity index (χ1) is 14.7. The molecule has 0 spiro atoms. The Morgan fingerprint density at radius 3 is 0.938 bits per heavy atom. The molecule has 0 aliphatic rings. The minimum atomic E-state index is 0.0169. The molecule has 32 heavy (non-hydrogen) atoms. The van der Waals surface area contributed by atoms with Crippen LogP contribution < -0.4 is 54.6 Å². The van der Waals surface area contributed by atoms with Crippen LogP contribution in [-0.4, -0.2) is 78.5 Å². The third-order valence-corrected chi connectivity index (χ3v) is 8.35. The van der Waals surface area contributed by atoms with Crippen LogP contribution in [0.1, 0.15) is 26.3 Å². The van der Waals surface area contributed by atoms with Gasteiger partial charge in [0.1, 0.15) is 78.5 Å². The van der Waals surface area contributed by atoms with Crippen LogP contribution >= 0.6 is 0 Å². The summed E-state index contributed by atoms with van der Waals surface area (Å²) >= 11 is 0. The van der Waals surface area contributed by atoms with Crippen molar-refractivity contribution in [2.24, 2.45) is 0 Å². The van der Waals surface area contributed by atoms with E-state index in [1.54, 1.807) is 0 Å². The van der Waals surface area contributed by atoms with Gasteiger partial charge in [-0.3, -0.25) is 0 Å². The standard InChI is InChI=1S/C22H32B10/c1-22(2,3)11-7(9-12(23)16(27)20(31)17(28)13(9)24)5-4-6-8(11)10-14(25)18(29)21(32)19(30)15(10)26/h4-6H,23-32H2,1-3H3. The first kappa shape index (κ1) is 24.9. The summed E-state index contributed by atoms with van der Waals surface area (Å²) in [5.74, 6) is 0. The smallest absolute Gasteiger partial charge is 0.102 e. The summed E-state index contributed by atoms with van der Waals surface area (Å²) in [7, 11) is 22.9. The molecule has 0 atom stereocenters. The Bertz CT molecular complexity index is 1110. The highest BCUT2D eigenvalue weighted by atomic mass is 14.3. The Hall–Kier alpha value is -1.69. The zero-order valence-electron chi connectivity index (χ0n) is 22.7. The molecule has 150 valence electrons. The van der Waals surface area contributed by atoms with E-state index in [0.29, 0.717) is 0 Å². The van der Waals surface area contributed by atoms with Crippen LogP contribution in [0.5, 0.6) is 0 Å². The highest BCUT2D eigenvalue weighted by Gasteiger charge is 2.27. The number of hydrogen-bond acceptors (Lipinski definition) is 0. The van der Waals surface area contributed by atoms with E-state index >= 15 is 0 Å². The number of benzene rings is 3. The van der Waals surface area contributed by atoms with Crippen LogP contribution in [0.25, 0.3) is 22.3 Å². The van der Waals surface area contributed by atoms with E-state index in [2.05, 4.69) is 117 Å². The SMILES string of the molecule is Bc1c(B)c(B)c(-c2cccc(-c3c(B)c(B)c(B)c(B)c3B)c2C(C)(C)C)c(B)c1B. The van der Waals surface area contributed by atoms with Gasteiger partial charge in [0.2, 0.25) is 0 Å². The van der Waals surface area contributed by atoms with Gasteiger partial charge in [-0.15, -0.1) is 32.8 Å². The first-order valence-electron chi connectivity index (χ1n) is 12.0. The van der Waals surface area contributed by atoms with E-state index in [-0.39, 0.29) is 5.41 Å². The summed E-state index contributed by atoms with van der Waals surface area (Å²) in [5.41, 5.74) is 21.3. The lowest BCUT2D eigenvalue weighted by Crippen LogP contribution is -2.55. The van der Waals surface area contributed by atoms with Crippen molar-refractivity contribution >= 4 is 133 Å². The summed E-state index contributed by atoms with van der Waals surface area (Å²) in [6, 6.07) is 6.98. The number of hydrogen-bond donors (Lipinski definition) is 0. The van der Waals surface area contributed by atoms with Crippen molar-refractivity contribution in [1.82, 2.24) is 0 Å². The molecule has 0 saturated carbocycles. The minimum absolute atomic E-state index is 0.0169. The fourth-order valence-corrected chi connectivity index (χ4v) is 5.59. The third-order valence-electron chi connectivity index (χ3n) is 8.35. The summed E-state index contributed by atoms with van der Waals surface area (Å²) in [5, 5.41) is 0. The van der Waals surface area contributed by atoms with E-state index in [1.165, 1.54) is 82.4 Å². The van der Waals surface area contributed by atoms with Gasteiger partial charge in [-0.25, -0.2) is 0 Å². The molecule has 0 amide bonds. The molecule has 10 heteroatoms. The first-order valence-corrected chi connectivity index (χ1v) is 12.0. The lowest BCUT2D eigenvalue weighted by Gasteiger charge is -2.32. The maximum Gasteiger partial charge on any atom is 0.139 e. The van der Waals surface area contributed by atoms with Gasteiger partial charge in [0, 0.05) is 0 Å². The van der Waals surface area contributed by atoms with Gasteiger partial charge in [0.05, 0.1) is 0 Å². The van der Waals surface area contributed by atoms with Crippen LogP contribution in [0.3, 0.4) is 0 Å². The van der Waals surface area contributed by atoms with Crippen molar-refractivity contribution < 1.29 is 0 Å². The second-order valence-corrected chi connectivity index (χ2v) is 11.0. The second kappa shape index (κ2) is 8.58. The van der Waals surface area contributed by atoms with Crippen molar-refractivity contribution in [2.75, 3.05) is 0 Å². The van der Waals surface area contributed by atoms with Crippen molar-refractivity contribution in [3.05, 3.63) is 23.8 Å². The molecule has 0 aliphatic heterocycles. The van der Waals surface area contributed by atoms with Crippen LogP contribution in [0.2, 0.25) is 0 Å². The van der Waals surface area contributed by atoms with E-state index in [1.807, 2.05) is 0 Å². The molecular formula is C22H32B10. The normalized spacial score (nSPS) is 11.6. The quantitative estimate of drug-likeness (QED) is 0.372. The summed E-state index contributed by atoms with van der Waals surface area (Å²) < 4.78 is 0. The van der Waals surface area contributed by atoms with Crippen molar-refractivity contribution in [3.8, 4) is 22.3 Å². The van der Waals surface area contributed by atoms with Crippen molar-refractivity contribution in [3.63, 3.8) is 0 Å². The van der Waals surface area contributed by atoms with Crippen LogP contribution in [-0.2, 0) is 5.41 Å². The van der Waals surface area contributed by atoms with Gasteiger partial charge < -0.3 is 0 Å². The Balaban J connectivity index is 2.55. The van der Waals surface area contributed by atoms with Gasteiger partial charge >= 0.3 is 0 Å². The molecule has 0 bridgehead atoms. The Labute approximate surface area is 205 Å². The fourth-order valence-electron chi connectivity index (χ4n) is 5.59. The zero-order chi connectivity index (χ0) is 24.3. The highest BCUT2D eigenvalue weighted by molar-refractivity contribution is 6.70. The Morgan fingerprint density at radius 2 is 0.688 bits per heavy atom. The summed E-state index contributed by atoms with van der Waals surface area (Å²) in [4.78, 5) is 0.